The van der Waals surface area contributed by atoms with E-state index >= 15 is 0 Å². The molecule has 2 N–H and O–H groups in total. The number of hydrogen-bond donors (Lipinski definition) is 2. The van der Waals surface area contributed by atoms with Gasteiger partial charge in [-0.3, -0.25) is 0 Å². The molecule has 0 saturated heterocycles. The lowest BCUT2D eigenvalue weighted by Crippen LogP contribution is -2.36. The highest BCUT2D eigenvalue weighted by atomic mass is 127. The Morgan fingerprint density at radius 3 is 2.58 bits per heavy atom. The van der Waals surface area contributed by atoms with Crippen LogP contribution in [0, 0.1) is 11.6 Å². The molecule has 2 rings (SSSR count). The number of nitrogens with one attached hydrogen (secondary N) is 2. The molecular weight excluding hydrogens is 451 g/mol. The van der Waals surface area contributed by atoms with Crippen LogP contribution >= 0.6 is 24.0 Å². The molecule has 0 radical (unpaired) electrons. The lowest BCUT2D eigenvalue weighted by Gasteiger charge is -2.12. The molecule has 0 bridgehead atoms. The van der Waals surface area contributed by atoms with Gasteiger partial charge in [0.2, 0.25) is 0 Å². The van der Waals surface area contributed by atoms with Crippen LogP contribution in [0.1, 0.15) is 23.6 Å². The van der Waals surface area contributed by atoms with Crippen molar-refractivity contribution in [2.75, 3.05) is 13.7 Å². The van der Waals surface area contributed by atoms with Crippen LogP contribution < -0.4 is 10.6 Å². The quantitative estimate of drug-likeness (QED) is 0.362. The molecule has 0 saturated carbocycles. The summed E-state index contributed by atoms with van der Waals surface area (Å²) in [5.41, 5.74) is 2.23. The van der Waals surface area contributed by atoms with Crippen LogP contribution in [-0.2, 0) is 24.4 Å². The number of aliphatic imine (C=N–C) groups is 1. The Labute approximate surface area is 170 Å². The van der Waals surface area contributed by atoms with Gasteiger partial charge in [-0.05, 0) is 42.3 Å². The van der Waals surface area contributed by atoms with Crippen LogP contribution in [0.25, 0.3) is 0 Å². The first kappa shape index (κ1) is 22.3. The van der Waals surface area contributed by atoms with Crippen molar-refractivity contribution in [1.82, 2.24) is 10.6 Å². The molecule has 4 nitrogen and oxygen atoms in total. The molecule has 0 amide bonds. The predicted molar refractivity (Wildman–Crippen MR) is 111 cm³/mol. The smallest absolute Gasteiger partial charge is 0.191 e. The van der Waals surface area contributed by atoms with E-state index in [9.17, 15) is 8.78 Å². The topological polar surface area (TPSA) is 45.7 Å². The number of hydrogen-bond acceptors (Lipinski definition) is 2. The summed E-state index contributed by atoms with van der Waals surface area (Å²) in [5.74, 6) is 0.0595. The molecule has 0 atom stereocenters. The van der Waals surface area contributed by atoms with Gasteiger partial charge < -0.3 is 15.4 Å². The normalized spacial score (nSPS) is 11.0. The summed E-state index contributed by atoms with van der Waals surface area (Å²) in [6.45, 7) is 3.76. The van der Waals surface area contributed by atoms with Crippen molar-refractivity contribution in [3.8, 4) is 0 Å². The summed E-state index contributed by atoms with van der Waals surface area (Å²) in [6, 6.07) is 11.3. The van der Waals surface area contributed by atoms with E-state index in [1.165, 1.54) is 25.3 Å². The van der Waals surface area contributed by atoms with E-state index in [1.54, 1.807) is 18.2 Å². The number of benzene rings is 2. The number of ether oxygens (including phenoxy) is 1. The minimum Gasteiger partial charge on any atom is -0.380 e. The second-order valence-electron chi connectivity index (χ2n) is 5.54. The van der Waals surface area contributed by atoms with Gasteiger partial charge in [0.15, 0.2) is 5.96 Å². The summed E-state index contributed by atoms with van der Waals surface area (Å²) in [4.78, 5) is 4.45. The third kappa shape index (κ3) is 7.25. The van der Waals surface area contributed by atoms with Crippen molar-refractivity contribution in [1.29, 1.82) is 0 Å². The van der Waals surface area contributed by atoms with Crippen molar-refractivity contribution >= 4 is 29.9 Å². The molecule has 26 heavy (non-hydrogen) atoms. The Hall–Kier alpha value is -1.74. The summed E-state index contributed by atoms with van der Waals surface area (Å²) < 4.78 is 31.9. The van der Waals surface area contributed by atoms with Crippen LogP contribution in [0.4, 0.5) is 8.78 Å². The highest BCUT2D eigenvalue weighted by molar-refractivity contribution is 14.0. The maximum atomic E-state index is 13.7. The Kier molecular flexibility index (Phi) is 10.1. The largest absolute Gasteiger partial charge is 0.380 e. The number of methoxy groups -OCH3 is 1. The number of rotatable bonds is 7. The molecule has 2 aromatic carbocycles. The second-order valence-corrected chi connectivity index (χ2v) is 5.54. The second kappa shape index (κ2) is 11.8. The molecule has 0 heterocycles. The summed E-state index contributed by atoms with van der Waals surface area (Å²) in [5, 5.41) is 6.33. The fraction of sp³-hybridized carbons (Fsp3) is 0.316. The van der Waals surface area contributed by atoms with Crippen LogP contribution in [0.15, 0.2) is 47.5 Å². The van der Waals surface area contributed by atoms with Crippen molar-refractivity contribution in [3.05, 3.63) is 70.8 Å². The number of halogens is 3. The van der Waals surface area contributed by atoms with E-state index in [1.807, 2.05) is 13.0 Å². The van der Waals surface area contributed by atoms with E-state index in [0.717, 1.165) is 11.1 Å². The lowest BCUT2D eigenvalue weighted by atomic mass is 10.1. The predicted octanol–water partition coefficient (Wildman–Crippen LogP) is 3.98. The minimum atomic E-state index is -0.280. The summed E-state index contributed by atoms with van der Waals surface area (Å²) >= 11 is 0. The SMILES string of the molecule is CCNC(=NCc1cccc(F)c1)NCc1ccc(F)c(COC)c1.I. The van der Waals surface area contributed by atoms with E-state index in [4.69, 9.17) is 4.74 Å². The van der Waals surface area contributed by atoms with Gasteiger partial charge in [-0.25, -0.2) is 13.8 Å². The zero-order valence-electron chi connectivity index (χ0n) is 14.9. The van der Waals surface area contributed by atoms with Gasteiger partial charge in [-0.2, -0.15) is 0 Å². The van der Waals surface area contributed by atoms with Gasteiger partial charge >= 0.3 is 0 Å². The number of guanidine groups is 1. The minimum absolute atomic E-state index is 0. The molecule has 7 heteroatoms. The zero-order chi connectivity index (χ0) is 18.1. The van der Waals surface area contributed by atoms with E-state index < -0.39 is 0 Å². The van der Waals surface area contributed by atoms with Crippen LogP contribution in [0.2, 0.25) is 0 Å². The van der Waals surface area contributed by atoms with Crippen LogP contribution in [-0.4, -0.2) is 19.6 Å². The first-order chi connectivity index (χ1) is 12.1. The van der Waals surface area contributed by atoms with Crippen molar-refractivity contribution in [3.63, 3.8) is 0 Å². The third-order valence-electron chi connectivity index (χ3n) is 3.52. The molecule has 0 fully saturated rings. The molecule has 0 aliphatic carbocycles. The Balaban J connectivity index is 0.00000338. The molecule has 0 unspecified atom stereocenters. The van der Waals surface area contributed by atoms with E-state index in [2.05, 4.69) is 15.6 Å². The fourth-order valence-corrected chi connectivity index (χ4v) is 2.34. The van der Waals surface area contributed by atoms with Gasteiger partial charge in [-0.15, -0.1) is 24.0 Å². The van der Waals surface area contributed by atoms with Crippen LogP contribution in [0.3, 0.4) is 0 Å². The number of nitrogens with zero attached hydrogens (tertiary/aromatic N) is 1. The molecule has 0 aliphatic heterocycles. The fourth-order valence-electron chi connectivity index (χ4n) is 2.34. The highest BCUT2D eigenvalue weighted by Crippen LogP contribution is 2.11. The van der Waals surface area contributed by atoms with Gasteiger partial charge in [0.1, 0.15) is 11.6 Å². The summed E-state index contributed by atoms with van der Waals surface area (Å²) in [6.07, 6.45) is 0. The average molecular weight is 475 g/mol. The first-order valence-electron chi connectivity index (χ1n) is 8.15. The molecule has 0 spiro atoms. The standard InChI is InChI=1S/C19H23F2N3O.HI/c1-3-22-19(23-11-14-5-4-6-17(20)10-14)24-12-15-7-8-18(21)16(9-15)13-25-2;/h4-10H,3,11-13H2,1-2H3,(H2,22,23,24);1H. The third-order valence-corrected chi connectivity index (χ3v) is 3.52. The highest BCUT2D eigenvalue weighted by Gasteiger charge is 2.05. The summed E-state index contributed by atoms with van der Waals surface area (Å²) in [7, 11) is 1.53. The van der Waals surface area contributed by atoms with Crippen molar-refractivity contribution in [2.45, 2.75) is 26.6 Å². The Morgan fingerprint density at radius 2 is 1.88 bits per heavy atom. The Morgan fingerprint density at radius 1 is 1.08 bits per heavy atom. The van der Waals surface area contributed by atoms with E-state index in [-0.39, 0.29) is 42.2 Å². The first-order valence-corrected chi connectivity index (χ1v) is 8.15. The molecule has 0 aliphatic rings. The van der Waals surface area contributed by atoms with Crippen LogP contribution in [0.5, 0.6) is 0 Å². The van der Waals surface area contributed by atoms with Crippen molar-refractivity contribution < 1.29 is 13.5 Å². The lowest BCUT2D eigenvalue weighted by molar-refractivity contribution is 0.181. The van der Waals surface area contributed by atoms with Gasteiger partial charge in [0.05, 0.1) is 13.2 Å². The monoisotopic (exact) mass is 475 g/mol. The maximum absolute atomic E-state index is 13.7. The van der Waals surface area contributed by atoms with Gasteiger partial charge in [0, 0.05) is 25.8 Å². The zero-order valence-corrected chi connectivity index (χ0v) is 17.2. The van der Waals surface area contributed by atoms with E-state index in [0.29, 0.717) is 31.2 Å². The molecule has 2 aromatic rings. The molecule has 0 aromatic heterocycles. The molecule has 142 valence electrons. The average Bonchev–Trinajstić information content (AvgIpc) is 2.60. The van der Waals surface area contributed by atoms with Gasteiger partial charge in [-0.1, -0.05) is 18.2 Å². The maximum Gasteiger partial charge on any atom is 0.191 e. The van der Waals surface area contributed by atoms with Gasteiger partial charge in [0.25, 0.3) is 0 Å². The Bertz CT molecular complexity index is 726. The van der Waals surface area contributed by atoms with Crippen molar-refractivity contribution in [2.24, 2.45) is 4.99 Å². The molecular formula is C19H24F2IN3O.